The molecule has 0 aliphatic rings. The highest BCUT2D eigenvalue weighted by Gasteiger charge is 2.25. The zero-order valence-corrected chi connectivity index (χ0v) is 34.4. The van der Waals surface area contributed by atoms with Crippen molar-refractivity contribution in [2.24, 2.45) is 5.73 Å². The summed E-state index contributed by atoms with van der Waals surface area (Å²) in [7, 11) is -4.39. The zero-order chi connectivity index (χ0) is 38.9. The first-order chi connectivity index (χ1) is 25.8. The molecule has 10 heteroatoms. The van der Waals surface area contributed by atoms with E-state index in [-0.39, 0.29) is 32.6 Å². The summed E-state index contributed by atoms with van der Waals surface area (Å²) in [6.07, 6.45) is 45.4. The summed E-state index contributed by atoms with van der Waals surface area (Å²) in [5.41, 5.74) is 5.34. The molecule has 0 aromatic heterocycles. The molecule has 0 bridgehead atoms. The van der Waals surface area contributed by atoms with Crippen LogP contribution < -0.4 is 5.73 Å². The monoisotopic (exact) mass is 766 g/mol. The van der Waals surface area contributed by atoms with Gasteiger partial charge >= 0.3 is 19.8 Å². The Bertz CT molecular complexity index is 1050. The van der Waals surface area contributed by atoms with E-state index in [2.05, 4.69) is 74.6 Å². The van der Waals surface area contributed by atoms with Crippen LogP contribution in [0.3, 0.4) is 0 Å². The van der Waals surface area contributed by atoms with Gasteiger partial charge in [-0.2, -0.15) is 0 Å². The molecule has 0 heterocycles. The maximum absolute atomic E-state index is 12.5. The van der Waals surface area contributed by atoms with Crippen LogP contribution in [0, 0.1) is 0 Å². The quantitative estimate of drug-likeness (QED) is 0.0272. The third-order valence-electron chi connectivity index (χ3n) is 8.38. The van der Waals surface area contributed by atoms with Crippen LogP contribution in [0.15, 0.2) is 60.8 Å². The number of phosphoric acid groups is 1. The average molecular weight is 766 g/mol. The Morgan fingerprint density at radius 3 is 1.55 bits per heavy atom. The minimum Gasteiger partial charge on any atom is -0.462 e. The van der Waals surface area contributed by atoms with Crippen LogP contribution in [-0.2, 0) is 32.7 Å². The highest BCUT2D eigenvalue weighted by Crippen LogP contribution is 2.43. The third kappa shape index (κ3) is 39.2. The molecule has 3 N–H and O–H groups in total. The van der Waals surface area contributed by atoms with Crippen molar-refractivity contribution in [1.29, 1.82) is 0 Å². The molecular weight excluding hydrogens is 689 g/mol. The second-order valence-electron chi connectivity index (χ2n) is 13.5. The van der Waals surface area contributed by atoms with Gasteiger partial charge in [0.05, 0.1) is 13.2 Å². The van der Waals surface area contributed by atoms with Crippen LogP contribution in [0.4, 0.5) is 0 Å². The summed E-state index contributed by atoms with van der Waals surface area (Å²) in [6, 6.07) is 0. The number of esters is 2. The molecule has 0 aromatic carbocycles. The van der Waals surface area contributed by atoms with Crippen LogP contribution >= 0.6 is 7.82 Å². The van der Waals surface area contributed by atoms with E-state index in [1.54, 1.807) is 0 Å². The molecule has 0 aromatic rings. The van der Waals surface area contributed by atoms with Crippen LogP contribution in [0.25, 0.3) is 0 Å². The molecular formula is C43H76NO8P. The molecule has 1 unspecified atom stereocenters. The van der Waals surface area contributed by atoms with Gasteiger partial charge in [0, 0.05) is 19.4 Å². The summed E-state index contributed by atoms with van der Waals surface area (Å²) in [6.45, 7) is 3.61. The van der Waals surface area contributed by atoms with Gasteiger partial charge in [0.2, 0.25) is 0 Å². The second-order valence-corrected chi connectivity index (χ2v) is 14.9. The van der Waals surface area contributed by atoms with Crippen LogP contribution in [0.2, 0.25) is 0 Å². The zero-order valence-electron chi connectivity index (χ0n) is 33.5. The first-order valence-electron chi connectivity index (χ1n) is 20.8. The van der Waals surface area contributed by atoms with Gasteiger partial charge in [-0.25, -0.2) is 4.57 Å². The summed E-state index contributed by atoms with van der Waals surface area (Å²) in [5, 5.41) is 0. The Morgan fingerprint density at radius 1 is 0.566 bits per heavy atom. The Kier molecular flexibility index (Phi) is 37.7. The van der Waals surface area contributed by atoms with E-state index in [0.29, 0.717) is 12.8 Å². The number of rotatable bonds is 38. The number of phosphoric ester groups is 1. The Hall–Kier alpha value is -2.29. The van der Waals surface area contributed by atoms with Gasteiger partial charge in [0.25, 0.3) is 0 Å². The number of carbonyl (C=O) groups excluding carboxylic acids is 2. The first kappa shape index (κ1) is 50.7. The standard InChI is InChI=1S/C43H76NO8P/c1-3-5-7-9-11-13-15-17-19-20-22-23-25-27-29-31-33-35-42(45)49-39-41(40-51-53(47,48)50-38-37-44)52-43(46)36-34-32-30-28-26-24-21-18-16-14-12-10-8-6-4-2/h12,14,17-19,21-23,27,29,41H,3-11,13,15-16,20,24-26,28,30-40,44H2,1-2H3,(H,47,48)/b14-12+,19-17+,21-18+,23-22+,29-27+/t41-/m1/s1. The lowest BCUT2D eigenvalue weighted by molar-refractivity contribution is -0.161. The highest BCUT2D eigenvalue weighted by atomic mass is 31.2. The fourth-order valence-electron chi connectivity index (χ4n) is 5.27. The van der Waals surface area contributed by atoms with Gasteiger partial charge < -0.3 is 20.1 Å². The largest absolute Gasteiger partial charge is 0.472 e. The van der Waals surface area contributed by atoms with E-state index in [1.165, 1.54) is 64.2 Å². The number of carbonyl (C=O) groups is 2. The lowest BCUT2D eigenvalue weighted by Gasteiger charge is -2.19. The van der Waals surface area contributed by atoms with Crippen molar-refractivity contribution in [1.82, 2.24) is 0 Å². The van der Waals surface area contributed by atoms with Crippen molar-refractivity contribution in [3.8, 4) is 0 Å². The van der Waals surface area contributed by atoms with E-state index in [4.69, 9.17) is 24.3 Å². The molecule has 0 spiro atoms. The Morgan fingerprint density at radius 2 is 1.00 bits per heavy atom. The minimum absolute atomic E-state index is 0.0420. The number of hydrogen-bond acceptors (Lipinski definition) is 8. The van der Waals surface area contributed by atoms with Crippen molar-refractivity contribution in [3.05, 3.63) is 60.8 Å². The van der Waals surface area contributed by atoms with Gasteiger partial charge in [-0.1, -0.05) is 139 Å². The molecule has 0 aliphatic carbocycles. The number of nitrogens with two attached hydrogens (primary N) is 1. The highest BCUT2D eigenvalue weighted by molar-refractivity contribution is 7.47. The number of hydrogen-bond donors (Lipinski definition) is 2. The van der Waals surface area contributed by atoms with Gasteiger partial charge in [-0.05, 0) is 77.0 Å². The molecule has 0 amide bonds. The minimum atomic E-state index is -4.39. The van der Waals surface area contributed by atoms with Crippen molar-refractivity contribution >= 4 is 19.8 Å². The lowest BCUT2D eigenvalue weighted by Crippen LogP contribution is -2.29. The predicted octanol–water partition coefficient (Wildman–Crippen LogP) is 11.7. The van der Waals surface area contributed by atoms with E-state index in [0.717, 1.165) is 64.2 Å². The second kappa shape index (κ2) is 39.4. The van der Waals surface area contributed by atoms with Crippen molar-refractivity contribution in [3.63, 3.8) is 0 Å². The molecule has 0 rings (SSSR count). The summed E-state index contributed by atoms with van der Waals surface area (Å²) < 4.78 is 32.7. The Balaban J connectivity index is 4.30. The average Bonchev–Trinajstić information content (AvgIpc) is 3.14. The maximum Gasteiger partial charge on any atom is 0.472 e. The van der Waals surface area contributed by atoms with Gasteiger partial charge in [-0.3, -0.25) is 18.6 Å². The molecule has 0 aliphatic heterocycles. The van der Waals surface area contributed by atoms with Gasteiger partial charge in [0.1, 0.15) is 6.61 Å². The normalized spacial score (nSPS) is 14.0. The van der Waals surface area contributed by atoms with Gasteiger partial charge in [-0.15, -0.1) is 0 Å². The third-order valence-corrected chi connectivity index (χ3v) is 9.36. The molecule has 9 nitrogen and oxygen atoms in total. The molecule has 0 radical (unpaired) electrons. The van der Waals surface area contributed by atoms with E-state index in [9.17, 15) is 19.0 Å². The Labute approximate surface area is 323 Å². The van der Waals surface area contributed by atoms with Crippen LogP contribution in [0.1, 0.15) is 168 Å². The fraction of sp³-hybridized carbons (Fsp3) is 0.721. The fourth-order valence-corrected chi connectivity index (χ4v) is 6.03. The molecule has 0 saturated heterocycles. The van der Waals surface area contributed by atoms with E-state index in [1.807, 2.05) is 0 Å². The maximum atomic E-state index is 12.5. The van der Waals surface area contributed by atoms with Gasteiger partial charge in [0.15, 0.2) is 6.10 Å². The van der Waals surface area contributed by atoms with Crippen molar-refractivity contribution in [2.75, 3.05) is 26.4 Å². The first-order valence-corrected chi connectivity index (χ1v) is 22.3. The SMILES string of the molecule is CCCCC/C=C/C/C=C/CCCCCCCC(=O)O[C@H](COC(=O)CCC/C=C/C/C=C/C/C=C/CCCCCCCC)COP(=O)(O)OCCN. The summed E-state index contributed by atoms with van der Waals surface area (Å²) >= 11 is 0. The number of ether oxygens (including phenoxy) is 2. The molecule has 0 fully saturated rings. The van der Waals surface area contributed by atoms with E-state index < -0.39 is 32.5 Å². The predicted molar refractivity (Wildman–Crippen MR) is 219 cm³/mol. The summed E-state index contributed by atoms with van der Waals surface area (Å²) in [5.74, 6) is -0.910. The smallest absolute Gasteiger partial charge is 0.462 e. The topological polar surface area (TPSA) is 134 Å². The summed E-state index contributed by atoms with van der Waals surface area (Å²) in [4.78, 5) is 34.8. The van der Waals surface area contributed by atoms with Crippen LogP contribution in [-0.4, -0.2) is 49.3 Å². The number of unbranched alkanes of at least 4 members (excludes halogenated alkanes) is 15. The molecule has 0 saturated carbocycles. The van der Waals surface area contributed by atoms with Crippen LogP contribution in [0.5, 0.6) is 0 Å². The van der Waals surface area contributed by atoms with Crippen molar-refractivity contribution in [2.45, 2.75) is 174 Å². The molecule has 2 atom stereocenters. The lowest BCUT2D eigenvalue weighted by atomic mass is 10.1. The molecule has 306 valence electrons. The van der Waals surface area contributed by atoms with E-state index >= 15 is 0 Å². The van der Waals surface area contributed by atoms with Crippen molar-refractivity contribution < 1.29 is 37.6 Å². The molecule has 53 heavy (non-hydrogen) atoms. The number of allylic oxidation sites excluding steroid dienone is 10.